The Balaban J connectivity index is 1.83. The van der Waals surface area contributed by atoms with Crippen LogP contribution in [0.5, 0.6) is 0 Å². The lowest BCUT2D eigenvalue weighted by molar-refractivity contribution is 0.198. The van der Waals surface area contributed by atoms with Gasteiger partial charge in [0, 0.05) is 38.2 Å². The van der Waals surface area contributed by atoms with Crippen LogP contribution < -0.4 is 10.2 Å². The predicted molar refractivity (Wildman–Crippen MR) is 128 cm³/mol. The minimum Gasteiger partial charge on any atom is -0.378 e. The summed E-state index contributed by atoms with van der Waals surface area (Å²) >= 11 is 0. The Morgan fingerprint density at radius 2 is 1.33 bits per heavy atom. The average molecular weight is 426 g/mol. The van der Waals surface area contributed by atoms with Crippen molar-refractivity contribution in [1.82, 2.24) is 9.57 Å². The van der Waals surface area contributed by atoms with Crippen molar-refractivity contribution < 1.29 is 4.57 Å². The Labute approximate surface area is 182 Å². The smallest absolute Gasteiger partial charge is 0.199 e. The van der Waals surface area contributed by atoms with Crippen LogP contribution >= 0.6 is 7.29 Å². The normalized spacial score (nSPS) is 21.7. The van der Waals surface area contributed by atoms with E-state index in [-0.39, 0.29) is 5.78 Å². The number of hydrogen-bond donors (Lipinski definition) is 0. The monoisotopic (exact) mass is 425 g/mol. The maximum Gasteiger partial charge on any atom is 0.199 e. The predicted octanol–water partition coefficient (Wildman–Crippen LogP) is 5.33. The Morgan fingerprint density at radius 3 is 1.90 bits per heavy atom. The molecule has 4 nitrogen and oxygen atoms in total. The van der Waals surface area contributed by atoms with Crippen molar-refractivity contribution in [2.75, 3.05) is 45.2 Å². The lowest BCUT2D eigenvalue weighted by atomic mass is 10.1. The van der Waals surface area contributed by atoms with Crippen LogP contribution in [0.3, 0.4) is 0 Å². The summed E-state index contributed by atoms with van der Waals surface area (Å²) in [7, 11) is 1.30. The second-order valence-electron chi connectivity index (χ2n) is 8.93. The van der Waals surface area contributed by atoms with Gasteiger partial charge in [-0.1, -0.05) is 55.3 Å². The Kier molecular flexibility index (Phi) is 6.98. The van der Waals surface area contributed by atoms with Crippen molar-refractivity contribution in [3.05, 3.63) is 60.2 Å². The topological polar surface area (TPSA) is 26.8 Å². The summed E-state index contributed by atoms with van der Waals surface area (Å²) < 4.78 is 17.6. The average Bonchev–Trinajstić information content (AvgIpc) is 2.81. The molecular weight excluding hydrogens is 389 g/mol. The van der Waals surface area contributed by atoms with Gasteiger partial charge in [-0.3, -0.25) is 9.46 Å². The lowest BCUT2D eigenvalue weighted by Gasteiger charge is -2.45. The molecule has 2 aromatic rings. The van der Waals surface area contributed by atoms with Gasteiger partial charge in [0.05, 0.1) is 0 Å². The molecule has 0 amide bonds. The van der Waals surface area contributed by atoms with E-state index >= 15 is 4.57 Å². The summed E-state index contributed by atoms with van der Waals surface area (Å²) in [5.41, 5.74) is 2.38. The molecule has 30 heavy (non-hydrogen) atoms. The molecule has 0 saturated carbocycles. The number of nitrogens with zero attached hydrogens (tertiary/aromatic N) is 3. The summed E-state index contributed by atoms with van der Waals surface area (Å²) in [6.07, 6.45) is 7.20. The van der Waals surface area contributed by atoms with E-state index in [1.807, 2.05) is 18.2 Å². The SMILES string of the molecule is CN(C)c1ccc([C@@H](N2CCCCC2)[P@@](=O)(c2ccccc2)N2CCCCC2)cc1. The molecule has 2 fully saturated rings. The third-order valence-electron chi connectivity index (χ3n) is 6.65. The van der Waals surface area contributed by atoms with Crippen LogP contribution in [-0.4, -0.2) is 49.8 Å². The maximum absolute atomic E-state index is 15.3. The highest BCUT2D eigenvalue weighted by molar-refractivity contribution is 7.69. The third kappa shape index (κ3) is 4.37. The van der Waals surface area contributed by atoms with Crippen molar-refractivity contribution in [3.8, 4) is 0 Å². The molecule has 4 rings (SSSR count). The molecule has 2 aliphatic rings. The van der Waals surface area contributed by atoms with Gasteiger partial charge in [-0.05, 0) is 56.5 Å². The first-order valence-electron chi connectivity index (χ1n) is 11.5. The first-order chi connectivity index (χ1) is 14.6. The van der Waals surface area contributed by atoms with Gasteiger partial charge in [0.1, 0.15) is 5.78 Å². The van der Waals surface area contributed by atoms with Gasteiger partial charge >= 0.3 is 0 Å². The minimum atomic E-state index is -2.84. The van der Waals surface area contributed by atoms with E-state index < -0.39 is 7.29 Å². The molecule has 2 atom stereocenters. The molecule has 0 unspecified atom stereocenters. The number of likely N-dealkylation sites (tertiary alicyclic amines) is 1. The highest BCUT2D eigenvalue weighted by atomic mass is 31.2. The number of rotatable bonds is 6. The molecule has 2 heterocycles. The Hall–Kier alpha value is -1.61. The summed E-state index contributed by atoms with van der Waals surface area (Å²) in [5, 5.41) is 1.01. The molecule has 5 heteroatoms. The molecule has 2 aliphatic heterocycles. The molecule has 0 aliphatic carbocycles. The molecule has 0 bridgehead atoms. The van der Waals surface area contributed by atoms with E-state index in [2.05, 4.69) is 65.0 Å². The fourth-order valence-corrected chi connectivity index (χ4v) is 8.66. The van der Waals surface area contributed by atoms with Gasteiger partial charge in [-0.15, -0.1) is 0 Å². The van der Waals surface area contributed by atoms with E-state index in [1.165, 1.54) is 36.9 Å². The zero-order chi connectivity index (χ0) is 21.0. The fraction of sp³-hybridized carbons (Fsp3) is 0.520. The van der Waals surface area contributed by atoms with E-state index in [1.54, 1.807) is 0 Å². The van der Waals surface area contributed by atoms with E-state index in [0.29, 0.717) is 0 Å². The number of piperidine rings is 2. The number of anilines is 1. The van der Waals surface area contributed by atoms with E-state index in [0.717, 1.165) is 44.3 Å². The highest BCUT2D eigenvalue weighted by Crippen LogP contribution is 2.63. The quantitative estimate of drug-likeness (QED) is 0.585. The van der Waals surface area contributed by atoms with Gasteiger partial charge in [0.25, 0.3) is 0 Å². The maximum atomic E-state index is 15.3. The van der Waals surface area contributed by atoms with Crippen LogP contribution in [0, 0.1) is 0 Å². The first kappa shape index (κ1) is 21.6. The van der Waals surface area contributed by atoms with Gasteiger partial charge < -0.3 is 4.90 Å². The van der Waals surface area contributed by atoms with Crippen LogP contribution in [0.25, 0.3) is 0 Å². The van der Waals surface area contributed by atoms with Crippen LogP contribution in [0.2, 0.25) is 0 Å². The fourth-order valence-electron chi connectivity index (χ4n) is 5.02. The van der Waals surface area contributed by atoms with E-state index in [4.69, 9.17) is 0 Å². The van der Waals surface area contributed by atoms with Crippen molar-refractivity contribution >= 4 is 18.3 Å². The molecule has 2 saturated heterocycles. The zero-order valence-electron chi connectivity index (χ0n) is 18.5. The van der Waals surface area contributed by atoms with Crippen LogP contribution in [0.1, 0.15) is 49.9 Å². The third-order valence-corrected chi connectivity index (χ3v) is 10.2. The van der Waals surface area contributed by atoms with Crippen molar-refractivity contribution in [2.45, 2.75) is 44.3 Å². The summed E-state index contributed by atoms with van der Waals surface area (Å²) in [4.78, 5) is 4.65. The van der Waals surface area contributed by atoms with Crippen molar-refractivity contribution in [1.29, 1.82) is 0 Å². The molecule has 0 aromatic heterocycles. The first-order valence-corrected chi connectivity index (χ1v) is 13.3. The second-order valence-corrected chi connectivity index (χ2v) is 11.7. The van der Waals surface area contributed by atoms with Gasteiger partial charge in [-0.2, -0.15) is 0 Å². The molecular formula is C25H36N3OP. The minimum absolute atomic E-state index is 0.0745. The lowest BCUT2D eigenvalue weighted by Crippen LogP contribution is -2.41. The second kappa shape index (κ2) is 9.68. The largest absolute Gasteiger partial charge is 0.378 e. The van der Waals surface area contributed by atoms with Crippen molar-refractivity contribution in [2.24, 2.45) is 0 Å². The Morgan fingerprint density at radius 1 is 0.767 bits per heavy atom. The molecule has 0 radical (unpaired) electrons. The molecule has 162 valence electrons. The number of benzene rings is 2. The van der Waals surface area contributed by atoms with Crippen LogP contribution in [0.15, 0.2) is 54.6 Å². The summed E-state index contributed by atoms with van der Waals surface area (Å²) in [5.74, 6) is -0.0745. The molecule has 2 aromatic carbocycles. The van der Waals surface area contributed by atoms with Crippen LogP contribution in [-0.2, 0) is 4.57 Å². The molecule has 0 spiro atoms. The standard InChI is InChI=1S/C25H36N3OP/c1-26(2)23-16-14-22(15-17-23)25(27-18-8-4-9-19-27)30(29,24-12-6-3-7-13-24)28-20-10-5-11-21-28/h3,6-7,12-17,25H,4-5,8-11,18-21H2,1-2H3/t25-,30-/m0/s1. The summed E-state index contributed by atoms with van der Waals surface area (Å²) in [6.45, 7) is 3.94. The van der Waals surface area contributed by atoms with Gasteiger partial charge in [0.2, 0.25) is 0 Å². The summed E-state index contributed by atoms with van der Waals surface area (Å²) in [6, 6.07) is 19.1. The Bertz CT molecular complexity index is 840. The highest BCUT2D eigenvalue weighted by Gasteiger charge is 2.45. The van der Waals surface area contributed by atoms with Gasteiger partial charge in [-0.25, -0.2) is 4.67 Å². The van der Waals surface area contributed by atoms with Crippen LogP contribution in [0.4, 0.5) is 5.69 Å². The zero-order valence-corrected chi connectivity index (χ0v) is 19.4. The molecule has 0 N–H and O–H groups in total. The van der Waals surface area contributed by atoms with E-state index in [9.17, 15) is 0 Å². The van der Waals surface area contributed by atoms with Gasteiger partial charge in [0.15, 0.2) is 7.29 Å². The van der Waals surface area contributed by atoms with Crippen molar-refractivity contribution in [3.63, 3.8) is 0 Å². The number of hydrogen-bond acceptors (Lipinski definition) is 3.